The van der Waals surface area contributed by atoms with Crippen LogP contribution in [0.1, 0.15) is 67.7 Å². The van der Waals surface area contributed by atoms with Gasteiger partial charge in [0, 0.05) is 19.8 Å². The van der Waals surface area contributed by atoms with Gasteiger partial charge in [-0.25, -0.2) is 4.79 Å². The molecule has 0 aromatic carbocycles. The van der Waals surface area contributed by atoms with Crippen molar-refractivity contribution in [2.75, 3.05) is 18.9 Å². The van der Waals surface area contributed by atoms with Gasteiger partial charge in [-0.2, -0.15) is 12.6 Å². The number of carbonyl (C=O) groups is 5. The molecule has 3 atom stereocenters. The molecule has 0 aliphatic carbocycles. The third-order valence-corrected chi connectivity index (χ3v) is 7.46. The molecule has 6 amide bonds. The van der Waals surface area contributed by atoms with Gasteiger partial charge in [0.1, 0.15) is 17.6 Å². The second kappa shape index (κ2) is 13.5. The maximum Gasteiger partial charge on any atom is 0.327 e. The van der Waals surface area contributed by atoms with Gasteiger partial charge in [-0.15, -0.1) is 0 Å². The van der Waals surface area contributed by atoms with Crippen molar-refractivity contribution in [2.24, 2.45) is 11.3 Å². The maximum absolute atomic E-state index is 13.4. The maximum atomic E-state index is 13.4. The number of urea groups is 1. The molecule has 11 nitrogen and oxygen atoms in total. The summed E-state index contributed by atoms with van der Waals surface area (Å²) in [6.45, 7) is 12.9. The predicted molar refractivity (Wildman–Crippen MR) is 157 cm³/mol. The Labute approximate surface area is 242 Å². The molecule has 2 rings (SSSR count). The van der Waals surface area contributed by atoms with Crippen molar-refractivity contribution < 1.29 is 24.0 Å². The van der Waals surface area contributed by atoms with Gasteiger partial charge in [-0.3, -0.25) is 29.1 Å². The van der Waals surface area contributed by atoms with E-state index in [9.17, 15) is 24.0 Å². The number of hydrogen-bond donors (Lipinski definition) is 4. The number of rotatable bonds is 12. The average Bonchev–Trinajstić information content (AvgIpc) is 3.00. The third-order valence-electron chi connectivity index (χ3n) is 6.97. The molecule has 0 bridgehead atoms. The summed E-state index contributed by atoms with van der Waals surface area (Å²) >= 11 is 4.42. The van der Waals surface area contributed by atoms with Crippen LogP contribution in [-0.4, -0.2) is 80.9 Å². The molecule has 0 radical (unpaired) electrons. The summed E-state index contributed by atoms with van der Waals surface area (Å²) < 4.78 is 0. The number of amides is 6. The van der Waals surface area contributed by atoms with Crippen LogP contribution in [0.25, 0.3) is 0 Å². The van der Waals surface area contributed by atoms with Gasteiger partial charge < -0.3 is 20.9 Å². The van der Waals surface area contributed by atoms with Crippen molar-refractivity contribution in [1.29, 1.82) is 0 Å². The van der Waals surface area contributed by atoms with Crippen LogP contribution in [0.2, 0.25) is 0 Å². The number of thiol groups is 1. The van der Waals surface area contributed by atoms with Crippen molar-refractivity contribution in [3.8, 4) is 0 Å². The lowest BCUT2D eigenvalue weighted by Gasteiger charge is -2.32. The number of anilines is 1. The second-order valence-corrected chi connectivity index (χ2v) is 12.9. The smallest absolute Gasteiger partial charge is 0.327 e. The minimum absolute atomic E-state index is 0.0826. The zero-order valence-corrected chi connectivity index (χ0v) is 25.7. The Morgan fingerprint density at radius 3 is 2.23 bits per heavy atom. The molecule has 1 aliphatic heterocycles. The molecule has 222 valence electrons. The van der Waals surface area contributed by atoms with Crippen LogP contribution in [0.3, 0.4) is 0 Å². The summed E-state index contributed by atoms with van der Waals surface area (Å²) in [5.74, 6) is -1.50. The first-order valence-corrected chi connectivity index (χ1v) is 14.1. The molecule has 0 spiro atoms. The minimum Gasteiger partial charge on any atom is -0.343 e. The molecule has 1 aromatic heterocycles. The largest absolute Gasteiger partial charge is 0.343 e. The Morgan fingerprint density at radius 2 is 1.73 bits per heavy atom. The fourth-order valence-corrected chi connectivity index (χ4v) is 4.55. The van der Waals surface area contributed by atoms with E-state index in [1.807, 2.05) is 34.6 Å². The van der Waals surface area contributed by atoms with E-state index in [2.05, 4.69) is 33.6 Å². The van der Waals surface area contributed by atoms with E-state index in [1.54, 1.807) is 39.2 Å². The number of imide groups is 1. The number of likely N-dealkylation sites (N-methyl/N-ethyl adjacent to an activating group) is 1. The molecule has 12 heteroatoms. The number of aromatic nitrogens is 1. The van der Waals surface area contributed by atoms with Crippen molar-refractivity contribution in [3.05, 3.63) is 24.5 Å². The molecule has 1 saturated heterocycles. The van der Waals surface area contributed by atoms with Crippen molar-refractivity contribution in [1.82, 2.24) is 25.4 Å². The van der Waals surface area contributed by atoms with E-state index in [0.717, 1.165) is 0 Å². The first-order valence-electron chi connectivity index (χ1n) is 13.6. The summed E-state index contributed by atoms with van der Waals surface area (Å²) in [5.41, 5.74) is -1.02. The molecular formula is C28H44N6O5S. The summed E-state index contributed by atoms with van der Waals surface area (Å²) in [7, 11) is 1.59. The van der Waals surface area contributed by atoms with Crippen LogP contribution in [0.4, 0.5) is 10.5 Å². The minimum atomic E-state index is -0.911. The zero-order chi connectivity index (χ0) is 30.4. The zero-order valence-electron chi connectivity index (χ0n) is 24.8. The van der Waals surface area contributed by atoms with Crippen molar-refractivity contribution in [2.45, 2.75) is 90.6 Å². The molecule has 1 unspecified atom stereocenters. The highest BCUT2D eigenvalue weighted by atomic mass is 32.1. The molecule has 1 aromatic rings. The monoisotopic (exact) mass is 576 g/mol. The molecule has 3 N–H and O–H groups in total. The molecule has 2 heterocycles. The first kappa shape index (κ1) is 33.1. The van der Waals surface area contributed by atoms with Crippen LogP contribution >= 0.6 is 12.6 Å². The summed E-state index contributed by atoms with van der Waals surface area (Å²) in [4.78, 5) is 71.1. The van der Waals surface area contributed by atoms with E-state index >= 15 is 0 Å². The van der Waals surface area contributed by atoms with Crippen molar-refractivity contribution >= 4 is 48.0 Å². The molecule has 0 saturated carbocycles. The van der Waals surface area contributed by atoms with Crippen LogP contribution in [0, 0.1) is 11.3 Å². The Morgan fingerprint density at radius 1 is 1.07 bits per heavy atom. The number of hydrogen-bond acceptors (Lipinski definition) is 7. The number of carbonyl (C=O) groups excluding carboxylic acids is 5. The van der Waals surface area contributed by atoms with Gasteiger partial charge in [-0.1, -0.05) is 34.6 Å². The highest BCUT2D eigenvalue weighted by Crippen LogP contribution is 2.26. The van der Waals surface area contributed by atoms with Crippen LogP contribution in [0.15, 0.2) is 24.5 Å². The van der Waals surface area contributed by atoms with Gasteiger partial charge >= 0.3 is 6.03 Å². The summed E-state index contributed by atoms with van der Waals surface area (Å²) in [6, 6.07) is 1.27. The second-order valence-electron chi connectivity index (χ2n) is 12.2. The highest BCUT2D eigenvalue weighted by molar-refractivity contribution is 7.81. The first-order chi connectivity index (χ1) is 18.5. The van der Waals surface area contributed by atoms with Crippen LogP contribution in [-0.2, 0) is 19.2 Å². The lowest BCUT2D eigenvalue weighted by Crippen LogP contribution is -2.57. The Balaban J connectivity index is 2.02. The quantitative estimate of drug-likeness (QED) is 0.223. The Kier molecular flexibility index (Phi) is 11.1. The van der Waals surface area contributed by atoms with Crippen molar-refractivity contribution in [3.63, 3.8) is 0 Å². The molecular weight excluding hydrogens is 532 g/mol. The highest BCUT2D eigenvalue weighted by Gasteiger charge is 2.48. The number of nitrogens with zero attached hydrogens (tertiary/aromatic N) is 3. The Hall–Kier alpha value is -3.15. The summed E-state index contributed by atoms with van der Waals surface area (Å²) in [5, 5.41) is 7.64. The normalized spacial score (nSPS) is 17.4. The van der Waals surface area contributed by atoms with E-state index in [1.165, 1.54) is 16.0 Å². The Bertz CT molecular complexity index is 1090. The fourth-order valence-electron chi connectivity index (χ4n) is 4.29. The summed E-state index contributed by atoms with van der Waals surface area (Å²) in [6.07, 6.45) is 4.15. The molecule has 1 fully saturated rings. The molecule has 1 aliphatic rings. The standard InChI is InChI=1S/C28H44N6O5S/c1-17(2)15-19(22(35)32-21(27(3,4)5)24(37)30-18-11-9-13-29-16-18)31-23(36)20(40)12-10-14-34-25(38)28(6,7)33(8)26(34)39/h9,11,13,16-17,19-21,40H,10,12,14-15H2,1-8H3,(H,30,37)(H,31,36)(H,32,35)/t19-,20-,21?/m0/s1. The predicted octanol–water partition coefficient (Wildman–Crippen LogP) is 2.83. The van der Waals surface area contributed by atoms with E-state index in [0.29, 0.717) is 24.9 Å². The topological polar surface area (TPSA) is 141 Å². The average molecular weight is 577 g/mol. The number of nitrogens with one attached hydrogen (secondary N) is 3. The lowest BCUT2D eigenvalue weighted by molar-refractivity contribution is -0.132. The van der Waals surface area contributed by atoms with E-state index in [4.69, 9.17) is 0 Å². The van der Waals surface area contributed by atoms with E-state index < -0.39 is 46.0 Å². The van der Waals surface area contributed by atoms with Gasteiger partial charge in [0.05, 0.1) is 17.1 Å². The van der Waals surface area contributed by atoms with Gasteiger partial charge in [0.15, 0.2) is 0 Å². The van der Waals surface area contributed by atoms with E-state index in [-0.39, 0.29) is 24.4 Å². The van der Waals surface area contributed by atoms with Gasteiger partial charge in [-0.05, 0) is 56.6 Å². The fraction of sp³-hybridized carbons (Fsp3) is 0.643. The third kappa shape index (κ3) is 8.42. The van der Waals surface area contributed by atoms with Gasteiger partial charge in [0.25, 0.3) is 5.91 Å². The lowest BCUT2D eigenvalue weighted by atomic mass is 9.85. The van der Waals surface area contributed by atoms with Gasteiger partial charge in [0.2, 0.25) is 17.7 Å². The van der Waals surface area contributed by atoms with Crippen LogP contribution < -0.4 is 16.0 Å². The SMILES string of the molecule is CC(C)C[C@H](NC(=O)[C@@H](S)CCCN1C(=O)N(C)C(C)(C)C1=O)C(=O)NC(C(=O)Nc1cccnc1)C(C)(C)C. The number of pyridine rings is 1. The van der Waals surface area contributed by atoms with Crippen LogP contribution in [0.5, 0.6) is 0 Å². The molecule has 40 heavy (non-hydrogen) atoms.